The maximum absolute atomic E-state index is 14.0. The van der Waals surface area contributed by atoms with Crippen LogP contribution < -0.4 is 14.4 Å². The van der Waals surface area contributed by atoms with Crippen LogP contribution in [0.15, 0.2) is 82.2 Å². The lowest BCUT2D eigenvalue weighted by atomic mass is 10.1. The van der Waals surface area contributed by atoms with Crippen molar-refractivity contribution in [2.75, 3.05) is 24.5 Å². The molecule has 0 fully saturated rings. The second kappa shape index (κ2) is 14.3. The fourth-order valence-corrected chi connectivity index (χ4v) is 5.74. The molecule has 214 valence electrons. The summed E-state index contributed by atoms with van der Waals surface area (Å²) in [7, 11) is -2.56. The highest BCUT2D eigenvalue weighted by Crippen LogP contribution is 2.26. The lowest BCUT2D eigenvalue weighted by molar-refractivity contribution is -0.139. The molecule has 0 heterocycles. The average molecular weight is 631 g/mol. The molecule has 0 saturated heterocycles. The number of unbranched alkanes of at least 4 members (excludes halogenated alkanes) is 1. The quantitative estimate of drug-likeness (QED) is 0.259. The normalized spacial score (nSPS) is 11.9. The number of anilines is 1. The fourth-order valence-electron chi connectivity index (χ4n) is 4.06. The first-order valence-corrected chi connectivity index (χ1v) is 15.3. The van der Waals surface area contributed by atoms with E-state index in [1.165, 1.54) is 17.0 Å². The number of hydrogen-bond donors (Lipinski definition) is 1. The number of carbonyl (C=O) groups excluding carboxylic acids is 2. The molecule has 3 rings (SSSR count). The molecule has 0 bridgehead atoms. The monoisotopic (exact) mass is 629 g/mol. The van der Waals surface area contributed by atoms with E-state index in [-0.39, 0.29) is 17.3 Å². The van der Waals surface area contributed by atoms with Crippen LogP contribution in [0.25, 0.3) is 0 Å². The lowest BCUT2D eigenvalue weighted by Crippen LogP contribution is -2.51. The van der Waals surface area contributed by atoms with E-state index < -0.39 is 28.5 Å². The highest BCUT2D eigenvalue weighted by Gasteiger charge is 2.32. The van der Waals surface area contributed by atoms with Gasteiger partial charge in [-0.1, -0.05) is 59.1 Å². The average Bonchev–Trinajstić information content (AvgIpc) is 2.95. The molecule has 1 atom stereocenters. The minimum atomic E-state index is -4.11. The van der Waals surface area contributed by atoms with Gasteiger partial charge < -0.3 is 15.0 Å². The Morgan fingerprint density at radius 1 is 1.02 bits per heavy atom. The van der Waals surface area contributed by atoms with E-state index in [9.17, 15) is 18.0 Å². The van der Waals surface area contributed by atoms with Crippen LogP contribution in [0.2, 0.25) is 0 Å². The Labute approximate surface area is 245 Å². The third-order valence-electron chi connectivity index (χ3n) is 6.49. The van der Waals surface area contributed by atoms with E-state index in [0.717, 1.165) is 32.7 Å². The minimum absolute atomic E-state index is 0.0681. The van der Waals surface area contributed by atoms with Crippen LogP contribution in [0.1, 0.15) is 37.8 Å². The molecule has 0 aromatic heterocycles. The van der Waals surface area contributed by atoms with Crippen LogP contribution in [0.3, 0.4) is 0 Å². The molecular formula is C30H36BrN3O5S. The van der Waals surface area contributed by atoms with Gasteiger partial charge in [0.2, 0.25) is 11.8 Å². The second-order valence-electron chi connectivity index (χ2n) is 9.49. The van der Waals surface area contributed by atoms with Crippen molar-refractivity contribution in [3.63, 3.8) is 0 Å². The van der Waals surface area contributed by atoms with Gasteiger partial charge in [-0.05, 0) is 74.4 Å². The third-order valence-corrected chi connectivity index (χ3v) is 8.80. The number of benzene rings is 3. The predicted molar refractivity (Wildman–Crippen MR) is 161 cm³/mol. The molecule has 0 spiro atoms. The molecule has 0 radical (unpaired) electrons. The number of rotatable bonds is 13. The zero-order valence-electron chi connectivity index (χ0n) is 23.3. The molecule has 10 heteroatoms. The van der Waals surface area contributed by atoms with E-state index in [0.29, 0.717) is 18.0 Å². The summed E-state index contributed by atoms with van der Waals surface area (Å²) in [4.78, 5) is 28.5. The van der Waals surface area contributed by atoms with Gasteiger partial charge in [-0.15, -0.1) is 0 Å². The van der Waals surface area contributed by atoms with E-state index in [2.05, 4.69) is 21.2 Å². The molecule has 1 unspecified atom stereocenters. The summed E-state index contributed by atoms with van der Waals surface area (Å²) in [5.74, 6) is -0.204. The maximum Gasteiger partial charge on any atom is 0.264 e. The number of methoxy groups -OCH3 is 1. The Hall–Kier alpha value is -3.37. The number of amides is 2. The van der Waals surface area contributed by atoms with E-state index >= 15 is 0 Å². The summed E-state index contributed by atoms with van der Waals surface area (Å²) in [5, 5.41) is 2.89. The smallest absolute Gasteiger partial charge is 0.264 e. The Morgan fingerprint density at radius 2 is 1.70 bits per heavy atom. The van der Waals surface area contributed by atoms with E-state index in [1.807, 2.05) is 19.9 Å². The SMILES string of the molecule is CCCCNC(=O)C(C)N(Cc1cccc(OC)c1)C(=O)CN(c1ccc(Br)cc1)S(=O)(=O)c1ccc(C)cc1. The number of hydrogen-bond acceptors (Lipinski definition) is 5. The first-order chi connectivity index (χ1) is 19.1. The summed E-state index contributed by atoms with van der Waals surface area (Å²) in [6.07, 6.45) is 1.73. The number of ether oxygens (including phenoxy) is 1. The summed E-state index contributed by atoms with van der Waals surface area (Å²) in [6, 6.07) is 19.6. The van der Waals surface area contributed by atoms with Gasteiger partial charge in [-0.3, -0.25) is 13.9 Å². The summed E-state index contributed by atoms with van der Waals surface area (Å²) in [5.41, 5.74) is 1.99. The molecule has 0 aliphatic heterocycles. The fraction of sp³-hybridized carbons (Fsp3) is 0.333. The third kappa shape index (κ3) is 8.08. The summed E-state index contributed by atoms with van der Waals surface area (Å²) >= 11 is 3.38. The van der Waals surface area contributed by atoms with Gasteiger partial charge in [-0.25, -0.2) is 8.42 Å². The molecule has 40 heavy (non-hydrogen) atoms. The van der Waals surface area contributed by atoms with Crippen molar-refractivity contribution in [2.24, 2.45) is 0 Å². The predicted octanol–water partition coefficient (Wildman–Crippen LogP) is 5.30. The van der Waals surface area contributed by atoms with Crippen molar-refractivity contribution >= 4 is 43.5 Å². The Balaban J connectivity index is 2.00. The first kappa shape index (κ1) is 31.2. The van der Waals surface area contributed by atoms with Crippen molar-refractivity contribution in [2.45, 2.75) is 51.1 Å². The number of nitrogens with zero attached hydrogens (tertiary/aromatic N) is 2. The second-order valence-corrected chi connectivity index (χ2v) is 12.3. The van der Waals surface area contributed by atoms with E-state index in [1.54, 1.807) is 68.6 Å². The Morgan fingerprint density at radius 3 is 2.33 bits per heavy atom. The Bertz CT molecular complexity index is 1400. The van der Waals surface area contributed by atoms with Gasteiger partial charge in [-0.2, -0.15) is 0 Å². The number of aryl methyl sites for hydroxylation is 1. The van der Waals surface area contributed by atoms with Gasteiger partial charge in [0.25, 0.3) is 10.0 Å². The molecule has 2 amide bonds. The largest absolute Gasteiger partial charge is 0.497 e. The van der Waals surface area contributed by atoms with Crippen LogP contribution in [0.5, 0.6) is 5.75 Å². The number of nitrogens with one attached hydrogen (secondary N) is 1. The van der Waals surface area contributed by atoms with Gasteiger partial charge in [0.15, 0.2) is 0 Å². The molecule has 3 aromatic rings. The van der Waals surface area contributed by atoms with Crippen molar-refractivity contribution in [3.05, 3.63) is 88.4 Å². The van der Waals surface area contributed by atoms with Crippen molar-refractivity contribution < 1.29 is 22.7 Å². The standard InChI is InChI=1S/C30H36BrN3O5S/c1-5-6-18-32-30(36)23(3)33(20-24-8-7-9-27(19-24)39-4)29(35)21-34(26-14-12-25(31)13-15-26)40(37,38)28-16-10-22(2)11-17-28/h7-17,19,23H,5-6,18,20-21H2,1-4H3,(H,32,36). The van der Waals surface area contributed by atoms with Crippen LogP contribution in [-0.2, 0) is 26.2 Å². The lowest BCUT2D eigenvalue weighted by Gasteiger charge is -2.32. The zero-order valence-corrected chi connectivity index (χ0v) is 25.7. The molecule has 3 aromatic carbocycles. The van der Waals surface area contributed by atoms with Gasteiger partial charge in [0.1, 0.15) is 18.3 Å². The molecule has 0 aliphatic carbocycles. The zero-order chi connectivity index (χ0) is 29.3. The van der Waals surface area contributed by atoms with Crippen LogP contribution in [0.4, 0.5) is 5.69 Å². The summed E-state index contributed by atoms with van der Waals surface area (Å²) < 4.78 is 34.9. The van der Waals surface area contributed by atoms with Crippen LogP contribution in [-0.4, -0.2) is 51.4 Å². The number of halogens is 1. The first-order valence-electron chi connectivity index (χ1n) is 13.1. The van der Waals surface area contributed by atoms with Crippen molar-refractivity contribution in [1.82, 2.24) is 10.2 Å². The molecule has 0 saturated carbocycles. The number of sulfonamides is 1. The molecule has 1 N–H and O–H groups in total. The van der Waals surface area contributed by atoms with Gasteiger partial charge >= 0.3 is 0 Å². The molecule has 8 nitrogen and oxygen atoms in total. The van der Waals surface area contributed by atoms with Crippen molar-refractivity contribution in [1.29, 1.82) is 0 Å². The Kier molecular flexibility index (Phi) is 11.2. The number of carbonyl (C=O) groups is 2. The topological polar surface area (TPSA) is 96.0 Å². The molecular weight excluding hydrogens is 594 g/mol. The highest BCUT2D eigenvalue weighted by molar-refractivity contribution is 9.10. The van der Waals surface area contributed by atoms with Crippen LogP contribution >= 0.6 is 15.9 Å². The van der Waals surface area contributed by atoms with Crippen molar-refractivity contribution in [3.8, 4) is 5.75 Å². The van der Waals surface area contributed by atoms with Crippen LogP contribution in [0, 0.1) is 6.92 Å². The summed E-state index contributed by atoms with van der Waals surface area (Å²) in [6.45, 7) is 5.65. The minimum Gasteiger partial charge on any atom is -0.497 e. The maximum atomic E-state index is 14.0. The highest BCUT2D eigenvalue weighted by atomic mass is 79.9. The van der Waals surface area contributed by atoms with Gasteiger partial charge in [0.05, 0.1) is 17.7 Å². The van der Waals surface area contributed by atoms with E-state index in [4.69, 9.17) is 4.74 Å². The molecule has 0 aliphatic rings. The van der Waals surface area contributed by atoms with Gasteiger partial charge in [0, 0.05) is 17.6 Å².